The third kappa shape index (κ3) is 3.56. The van der Waals surface area contributed by atoms with E-state index in [9.17, 15) is 9.59 Å². The number of benzene rings is 2. The van der Waals surface area contributed by atoms with Gasteiger partial charge in [-0.2, -0.15) is 0 Å². The quantitative estimate of drug-likeness (QED) is 0.592. The van der Waals surface area contributed by atoms with Gasteiger partial charge in [0.1, 0.15) is 0 Å². The Morgan fingerprint density at radius 1 is 1.04 bits per heavy atom. The van der Waals surface area contributed by atoms with Gasteiger partial charge >= 0.3 is 5.97 Å². The van der Waals surface area contributed by atoms with Crippen LogP contribution in [0.15, 0.2) is 65.4 Å². The third-order valence-corrected chi connectivity index (χ3v) is 4.74. The predicted octanol–water partition coefficient (Wildman–Crippen LogP) is 4.57. The molecule has 1 amide bonds. The van der Waals surface area contributed by atoms with Gasteiger partial charge in [-0.1, -0.05) is 36.4 Å². The molecule has 1 aliphatic rings. The molecule has 0 atom stereocenters. The molecule has 2 aromatic carbocycles. The minimum absolute atomic E-state index is 0.220. The Morgan fingerprint density at radius 2 is 1.74 bits per heavy atom. The summed E-state index contributed by atoms with van der Waals surface area (Å²) in [4.78, 5) is 27.4. The molecule has 4 heteroatoms. The van der Waals surface area contributed by atoms with E-state index in [4.69, 9.17) is 4.74 Å². The number of hydrogen-bond donors (Lipinski definition) is 0. The van der Waals surface area contributed by atoms with Crippen molar-refractivity contribution in [2.45, 2.75) is 27.7 Å². The topological polar surface area (TPSA) is 46.6 Å². The van der Waals surface area contributed by atoms with E-state index < -0.39 is 5.97 Å². The van der Waals surface area contributed by atoms with E-state index in [1.165, 1.54) is 0 Å². The van der Waals surface area contributed by atoms with E-state index in [1.807, 2.05) is 62.4 Å². The first-order chi connectivity index (χ1) is 12.9. The number of carbonyl (C=O) groups is 2. The van der Waals surface area contributed by atoms with Crippen molar-refractivity contribution in [2.75, 3.05) is 11.5 Å². The van der Waals surface area contributed by atoms with E-state index in [0.717, 1.165) is 22.4 Å². The zero-order chi connectivity index (χ0) is 19.6. The van der Waals surface area contributed by atoms with E-state index in [2.05, 4.69) is 0 Å². The van der Waals surface area contributed by atoms with Crippen LogP contribution in [0.3, 0.4) is 0 Å². The zero-order valence-electron chi connectivity index (χ0n) is 16.1. The lowest BCUT2D eigenvalue weighted by molar-refractivity contribution is -0.138. The number of esters is 1. The van der Waals surface area contributed by atoms with Crippen molar-refractivity contribution in [3.8, 4) is 0 Å². The van der Waals surface area contributed by atoms with E-state index in [1.54, 1.807) is 24.8 Å². The Balaban J connectivity index is 2.14. The summed E-state index contributed by atoms with van der Waals surface area (Å²) in [6.45, 7) is 7.83. The molecule has 0 N–H and O–H groups in total. The molecule has 0 spiro atoms. The first-order valence-electron chi connectivity index (χ1n) is 9.01. The number of allylic oxidation sites excluding steroid dienone is 1. The van der Waals surface area contributed by atoms with Crippen LogP contribution in [0.25, 0.3) is 6.08 Å². The fourth-order valence-corrected chi connectivity index (χ4v) is 3.17. The molecule has 0 bridgehead atoms. The summed E-state index contributed by atoms with van der Waals surface area (Å²) in [5.41, 5.74) is 5.11. The number of ether oxygens (including phenoxy) is 1. The fourth-order valence-electron chi connectivity index (χ4n) is 3.17. The van der Waals surface area contributed by atoms with Crippen molar-refractivity contribution in [3.05, 3.63) is 82.1 Å². The molecule has 138 valence electrons. The number of carbonyl (C=O) groups excluding carboxylic acids is 2. The maximum absolute atomic E-state index is 13.2. The summed E-state index contributed by atoms with van der Waals surface area (Å²) in [7, 11) is 0. The summed E-state index contributed by atoms with van der Waals surface area (Å²) in [5.74, 6) is -0.695. The van der Waals surface area contributed by atoms with E-state index in [0.29, 0.717) is 16.8 Å². The van der Waals surface area contributed by atoms with Gasteiger partial charge in [0.25, 0.3) is 5.91 Å². The number of amides is 1. The van der Waals surface area contributed by atoms with Gasteiger partial charge in [0, 0.05) is 11.4 Å². The second-order valence-corrected chi connectivity index (χ2v) is 6.56. The number of nitrogens with zero attached hydrogens (tertiary/aromatic N) is 1. The van der Waals surface area contributed by atoms with Crippen LogP contribution in [0.4, 0.5) is 5.69 Å². The molecule has 0 saturated heterocycles. The van der Waals surface area contributed by atoms with Crippen LogP contribution in [0.2, 0.25) is 0 Å². The zero-order valence-corrected chi connectivity index (χ0v) is 16.1. The van der Waals surface area contributed by atoms with Gasteiger partial charge in [-0.15, -0.1) is 0 Å². The Hall–Kier alpha value is -3.14. The summed E-state index contributed by atoms with van der Waals surface area (Å²) < 4.78 is 5.22. The fraction of sp³-hybridized carbons (Fsp3) is 0.217. The van der Waals surface area contributed by atoms with Gasteiger partial charge in [-0.05, 0) is 62.6 Å². The van der Waals surface area contributed by atoms with Crippen LogP contribution in [0, 0.1) is 13.8 Å². The lowest BCUT2D eigenvalue weighted by Crippen LogP contribution is -2.24. The van der Waals surface area contributed by atoms with E-state index >= 15 is 0 Å². The number of anilines is 1. The predicted molar refractivity (Wildman–Crippen MR) is 107 cm³/mol. The molecular formula is C23H23NO3. The number of rotatable bonds is 4. The summed E-state index contributed by atoms with van der Waals surface area (Å²) in [6, 6.07) is 15.3. The minimum atomic E-state index is -0.475. The molecule has 3 rings (SSSR count). The Kier molecular flexibility index (Phi) is 5.26. The van der Waals surface area contributed by atoms with Crippen LogP contribution in [0.5, 0.6) is 0 Å². The largest absolute Gasteiger partial charge is 0.462 e. The highest BCUT2D eigenvalue weighted by Gasteiger charge is 2.38. The number of aryl methyl sites for hydroxylation is 2. The highest BCUT2D eigenvalue weighted by molar-refractivity contribution is 6.23. The van der Waals surface area contributed by atoms with Gasteiger partial charge in [0.15, 0.2) is 0 Å². The smallest absolute Gasteiger partial charge is 0.340 e. The second-order valence-electron chi connectivity index (χ2n) is 6.56. The monoisotopic (exact) mass is 361 g/mol. The molecule has 0 fully saturated rings. The molecule has 0 saturated carbocycles. The van der Waals surface area contributed by atoms with Gasteiger partial charge in [-0.3, -0.25) is 9.69 Å². The molecule has 1 aliphatic heterocycles. The maximum atomic E-state index is 13.2. The highest BCUT2D eigenvalue weighted by atomic mass is 16.5. The van der Waals surface area contributed by atoms with Crippen molar-refractivity contribution in [1.29, 1.82) is 0 Å². The Bertz CT molecular complexity index is 955. The molecule has 1 heterocycles. The maximum Gasteiger partial charge on any atom is 0.340 e. The standard InChI is InChI=1S/C23H23NO3/c1-5-27-23(26)21-17(4)24(19-12-11-15(2)16(3)13-19)22(25)20(21)14-18-9-7-6-8-10-18/h6-14H,5H2,1-4H3. The van der Waals surface area contributed by atoms with Crippen LogP contribution in [0.1, 0.15) is 30.5 Å². The average molecular weight is 361 g/mol. The molecular weight excluding hydrogens is 338 g/mol. The molecule has 27 heavy (non-hydrogen) atoms. The normalized spacial score (nSPS) is 15.6. The molecule has 0 aromatic heterocycles. The van der Waals surface area contributed by atoms with Crippen LogP contribution >= 0.6 is 0 Å². The minimum Gasteiger partial charge on any atom is -0.462 e. The Labute approximate surface area is 159 Å². The SMILES string of the molecule is CCOC(=O)C1=C(C)N(c2ccc(C)c(C)c2)C(=O)C1=Cc1ccccc1. The summed E-state index contributed by atoms with van der Waals surface area (Å²) >= 11 is 0. The van der Waals surface area contributed by atoms with E-state index in [-0.39, 0.29) is 12.5 Å². The van der Waals surface area contributed by atoms with Gasteiger partial charge < -0.3 is 4.74 Å². The number of hydrogen-bond acceptors (Lipinski definition) is 3. The van der Waals surface area contributed by atoms with Crippen molar-refractivity contribution >= 4 is 23.6 Å². The first kappa shape index (κ1) is 18.6. The van der Waals surface area contributed by atoms with Crippen molar-refractivity contribution in [2.24, 2.45) is 0 Å². The molecule has 2 aromatic rings. The molecule has 0 unspecified atom stereocenters. The molecule has 0 aliphatic carbocycles. The third-order valence-electron chi connectivity index (χ3n) is 4.74. The summed E-state index contributed by atoms with van der Waals surface area (Å²) in [6.07, 6.45) is 1.75. The van der Waals surface area contributed by atoms with Crippen LogP contribution in [-0.4, -0.2) is 18.5 Å². The first-order valence-corrected chi connectivity index (χ1v) is 9.01. The lowest BCUT2D eigenvalue weighted by Gasteiger charge is -2.19. The molecule has 0 radical (unpaired) electrons. The highest BCUT2D eigenvalue weighted by Crippen LogP contribution is 2.36. The average Bonchev–Trinajstić information content (AvgIpc) is 2.89. The van der Waals surface area contributed by atoms with Gasteiger partial charge in [0.2, 0.25) is 0 Å². The summed E-state index contributed by atoms with van der Waals surface area (Å²) in [5, 5.41) is 0. The van der Waals surface area contributed by atoms with Crippen LogP contribution < -0.4 is 4.90 Å². The van der Waals surface area contributed by atoms with Gasteiger partial charge in [-0.25, -0.2) is 4.79 Å². The van der Waals surface area contributed by atoms with Crippen molar-refractivity contribution < 1.29 is 14.3 Å². The Morgan fingerprint density at radius 3 is 2.37 bits per heavy atom. The lowest BCUT2D eigenvalue weighted by atomic mass is 10.0. The van der Waals surface area contributed by atoms with Crippen LogP contribution in [-0.2, 0) is 14.3 Å². The van der Waals surface area contributed by atoms with Crippen molar-refractivity contribution in [3.63, 3.8) is 0 Å². The second kappa shape index (κ2) is 7.62. The molecule has 4 nitrogen and oxygen atoms in total. The van der Waals surface area contributed by atoms with Gasteiger partial charge in [0.05, 0.1) is 17.8 Å². The van der Waals surface area contributed by atoms with Crippen molar-refractivity contribution in [1.82, 2.24) is 0 Å².